The lowest BCUT2D eigenvalue weighted by molar-refractivity contribution is 0.605. The standard InChI is InChI=1S/C15H19Cl2N3O2S/c1-9(2)19-15(18)13(11-7-5-6-8-12(11)16)14(17)20-10(3)23(4,21)22/h5-9,20H,3H2,1-2,4H3,(H2,18,19). The Kier molecular flexibility index (Phi) is 6.68. The second-order valence-corrected chi connectivity index (χ2v) is 7.92. The summed E-state index contributed by atoms with van der Waals surface area (Å²) in [5.74, 6) is 0.145. The first-order valence-corrected chi connectivity index (χ1v) is 9.33. The Morgan fingerprint density at radius 1 is 1.35 bits per heavy atom. The van der Waals surface area contributed by atoms with Crippen LogP contribution in [-0.4, -0.2) is 26.6 Å². The van der Waals surface area contributed by atoms with E-state index in [0.29, 0.717) is 16.2 Å². The summed E-state index contributed by atoms with van der Waals surface area (Å²) in [5.41, 5.74) is 6.89. The van der Waals surface area contributed by atoms with Gasteiger partial charge in [-0.1, -0.05) is 48.0 Å². The van der Waals surface area contributed by atoms with Gasteiger partial charge in [0.05, 0.1) is 5.57 Å². The first-order valence-electron chi connectivity index (χ1n) is 6.68. The minimum Gasteiger partial charge on any atom is -0.383 e. The van der Waals surface area contributed by atoms with Crippen LogP contribution >= 0.6 is 23.2 Å². The number of rotatable bonds is 6. The molecule has 0 unspecified atom stereocenters. The molecule has 0 heterocycles. The van der Waals surface area contributed by atoms with Crippen LogP contribution in [0.5, 0.6) is 0 Å². The molecule has 0 fully saturated rings. The van der Waals surface area contributed by atoms with Crippen molar-refractivity contribution in [2.75, 3.05) is 6.26 Å². The Balaban J connectivity index is 3.49. The lowest BCUT2D eigenvalue weighted by Crippen LogP contribution is -2.23. The fourth-order valence-corrected chi connectivity index (χ4v) is 2.54. The third-order valence-corrected chi connectivity index (χ3v) is 4.32. The van der Waals surface area contributed by atoms with Crippen LogP contribution in [-0.2, 0) is 9.84 Å². The minimum absolute atomic E-state index is 0.0181. The fraction of sp³-hybridized carbons (Fsp3) is 0.267. The lowest BCUT2D eigenvalue weighted by atomic mass is 10.1. The Labute approximate surface area is 146 Å². The largest absolute Gasteiger partial charge is 0.383 e. The summed E-state index contributed by atoms with van der Waals surface area (Å²) in [6.45, 7) is 7.16. The van der Waals surface area contributed by atoms with Crippen molar-refractivity contribution in [3.63, 3.8) is 0 Å². The first kappa shape index (κ1) is 19.5. The molecule has 126 valence electrons. The number of hydrogen-bond donors (Lipinski definition) is 2. The summed E-state index contributed by atoms with van der Waals surface area (Å²) in [6, 6.07) is 6.84. The number of nitrogens with one attached hydrogen (secondary N) is 1. The van der Waals surface area contributed by atoms with E-state index in [1.165, 1.54) is 0 Å². The van der Waals surface area contributed by atoms with Gasteiger partial charge in [0, 0.05) is 22.9 Å². The average Bonchev–Trinajstić information content (AvgIpc) is 2.39. The maximum Gasteiger partial charge on any atom is 0.190 e. The van der Waals surface area contributed by atoms with E-state index in [4.69, 9.17) is 28.9 Å². The summed E-state index contributed by atoms with van der Waals surface area (Å²) in [5, 5.41) is 2.69. The second-order valence-electron chi connectivity index (χ2n) is 5.10. The molecule has 8 heteroatoms. The molecular weight excluding hydrogens is 357 g/mol. The number of benzene rings is 1. The van der Waals surface area contributed by atoms with Gasteiger partial charge in [0.15, 0.2) is 9.84 Å². The van der Waals surface area contributed by atoms with Gasteiger partial charge in [-0.05, 0) is 19.9 Å². The molecule has 0 spiro atoms. The molecule has 1 rings (SSSR count). The summed E-state index contributed by atoms with van der Waals surface area (Å²) < 4.78 is 23.0. The topological polar surface area (TPSA) is 84.5 Å². The SMILES string of the molecule is C=C(NC(Cl)=C(C(N)=NC(C)C)c1ccccc1Cl)S(C)(=O)=O. The third-order valence-electron chi connectivity index (χ3n) is 2.71. The number of sulfone groups is 1. The molecule has 1 aromatic carbocycles. The van der Waals surface area contributed by atoms with E-state index in [1.807, 2.05) is 13.8 Å². The van der Waals surface area contributed by atoms with Gasteiger partial charge in [-0.2, -0.15) is 0 Å². The smallest absolute Gasteiger partial charge is 0.190 e. The van der Waals surface area contributed by atoms with E-state index in [1.54, 1.807) is 24.3 Å². The number of aliphatic imine (C=N–C) groups is 1. The van der Waals surface area contributed by atoms with Crippen molar-refractivity contribution in [2.24, 2.45) is 10.7 Å². The maximum absolute atomic E-state index is 11.5. The summed E-state index contributed by atoms with van der Waals surface area (Å²) >= 11 is 12.5. The Hall–Kier alpha value is -1.50. The van der Waals surface area contributed by atoms with Crippen molar-refractivity contribution >= 4 is 44.4 Å². The molecule has 0 amide bonds. The van der Waals surface area contributed by atoms with Gasteiger partial charge in [-0.15, -0.1) is 0 Å². The summed E-state index contributed by atoms with van der Waals surface area (Å²) in [4.78, 5) is 4.26. The van der Waals surface area contributed by atoms with Crippen LogP contribution in [0.25, 0.3) is 5.57 Å². The molecule has 0 bridgehead atoms. The average molecular weight is 376 g/mol. The van der Waals surface area contributed by atoms with Crippen molar-refractivity contribution < 1.29 is 8.42 Å². The third kappa shape index (κ3) is 5.57. The lowest BCUT2D eigenvalue weighted by Gasteiger charge is -2.15. The molecule has 5 nitrogen and oxygen atoms in total. The molecule has 0 aliphatic heterocycles. The number of amidine groups is 1. The van der Waals surface area contributed by atoms with Crippen molar-refractivity contribution in [3.05, 3.63) is 51.6 Å². The molecule has 0 atom stereocenters. The van der Waals surface area contributed by atoms with Crippen LogP contribution in [0.1, 0.15) is 19.4 Å². The quantitative estimate of drug-likeness (QED) is 0.454. The highest BCUT2D eigenvalue weighted by Crippen LogP contribution is 2.28. The van der Waals surface area contributed by atoms with Crippen LogP contribution in [0.4, 0.5) is 0 Å². The molecule has 1 aromatic rings. The zero-order valence-electron chi connectivity index (χ0n) is 13.1. The van der Waals surface area contributed by atoms with Crippen molar-refractivity contribution in [1.29, 1.82) is 0 Å². The Morgan fingerprint density at radius 2 is 1.91 bits per heavy atom. The zero-order chi connectivity index (χ0) is 17.8. The summed E-state index contributed by atoms with van der Waals surface area (Å²) in [6.07, 6.45) is 1.02. The zero-order valence-corrected chi connectivity index (χ0v) is 15.4. The highest BCUT2D eigenvalue weighted by atomic mass is 35.5. The van der Waals surface area contributed by atoms with Gasteiger partial charge >= 0.3 is 0 Å². The van der Waals surface area contributed by atoms with E-state index in [2.05, 4.69) is 16.9 Å². The molecule has 0 radical (unpaired) electrons. The predicted molar refractivity (Wildman–Crippen MR) is 98.1 cm³/mol. The molecule has 23 heavy (non-hydrogen) atoms. The van der Waals surface area contributed by atoms with E-state index < -0.39 is 9.84 Å². The minimum atomic E-state index is -3.51. The summed E-state index contributed by atoms with van der Waals surface area (Å²) in [7, 11) is -3.51. The van der Waals surface area contributed by atoms with E-state index in [-0.39, 0.29) is 22.1 Å². The van der Waals surface area contributed by atoms with Crippen molar-refractivity contribution in [2.45, 2.75) is 19.9 Å². The van der Waals surface area contributed by atoms with Crippen LogP contribution in [0, 0.1) is 0 Å². The molecule has 0 saturated carbocycles. The fourth-order valence-electron chi connectivity index (χ4n) is 1.65. The van der Waals surface area contributed by atoms with Gasteiger partial charge in [-0.3, -0.25) is 4.99 Å². The van der Waals surface area contributed by atoms with Gasteiger partial charge in [0.2, 0.25) is 0 Å². The first-order chi connectivity index (χ1) is 10.5. The van der Waals surface area contributed by atoms with Gasteiger partial charge in [0.1, 0.15) is 16.0 Å². The van der Waals surface area contributed by atoms with Crippen LogP contribution < -0.4 is 11.1 Å². The number of nitrogens with two attached hydrogens (primary N) is 1. The highest BCUT2D eigenvalue weighted by Gasteiger charge is 2.18. The van der Waals surface area contributed by atoms with Crippen LogP contribution in [0.3, 0.4) is 0 Å². The van der Waals surface area contributed by atoms with Crippen LogP contribution in [0.15, 0.2) is 46.0 Å². The van der Waals surface area contributed by atoms with Gasteiger partial charge in [-0.25, -0.2) is 8.42 Å². The van der Waals surface area contributed by atoms with Crippen molar-refractivity contribution in [3.8, 4) is 0 Å². The number of hydrogen-bond acceptors (Lipinski definition) is 4. The Morgan fingerprint density at radius 3 is 2.39 bits per heavy atom. The second kappa shape index (κ2) is 7.86. The van der Waals surface area contributed by atoms with E-state index >= 15 is 0 Å². The molecular formula is C15H19Cl2N3O2S. The highest BCUT2D eigenvalue weighted by molar-refractivity contribution is 7.94. The number of nitrogens with zero attached hydrogens (tertiary/aromatic N) is 1. The number of halogens is 2. The van der Waals surface area contributed by atoms with Gasteiger partial charge < -0.3 is 11.1 Å². The predicted octanol–water partition coefficient (Wildman–Crippen LogP) is 3.12. The monoisotopic (exact) mass is 375 g/mol. The molecule has 0 aliphatic rings. The van der Waals surface area contributed by atoms with Gasteiger partial charge in [0.25, 0.3) is 0 Å². The molecule has 0 aromatic heterocycles. The maximum atomic E-state index is 11.5. The normalized spacial score (nSPS) is 13.7. The van der Waals surface area contributed by atoms with Crippen LogP contribution in [0.2, 0.25) is 5.02 Å². The molecule has 3 N–H and O–H groups in total. The Bertz CT molecular complexity index is 769. The van der Waals surface area contributed by atoms with E-state index in [9.17, 15) is 8.42 Å². The molecule has 0 aliphatic carbocycles. The van der Waals surface area contributed by atoms with E-state index in [0.717, 1.165) is 6.26 Å². The molecule has 0 saturated heterocycles. The van der Waals surface area contributed by atoms with Crippen molar-refractivity contribution in [1.82, 2.24) is 5.32 Å².